The Hall–Kier alpha value is -1.09. The maximum atomic E-state index is 9.99. The van der Waals surface area contributed by atoms with Crippen LogP contribution in [0.25, 0.3) is 0 Å². The predicted molar refractivity (Wildman–Crippen MR) is 46.8 cm³/mol. The van der Waals surface area contributed by atoms with Gasteiger partial charge in [-0.2, -0.15) is 0 Å². The number of rotatable bonds is 5. The van der Waals surface area contributed by atoms with Gasteiger partial charge in [0.1, 0.15) is 0 Å². The largest absolute Gasteiger partial charge is 0.478 e. The van der Waals surface area contributed by atoms with E-state index in [0.29, 0.717) is 6.42 Å². The predicted octanol–water partition coefficient (Wildman–Crippen LogP) is 1.34. The summed E-state index contributed by atoms with van der Waals surface area (Å²) in [5.74, 6) is -0.982. The van der Waals surface area contributed by atoms with Crippen LogP contribution in [0.4, 0.5) is 0 Å². The Kier molecular flexibility index (Phi) is 6.01. The molecule has 0 saturated heterocycles. The summed E-state index contributed by atoms with van der Waals surface area (Å²) in [7, 11) is 0. The van der Waals surface area contributed by atoms with Crippen LogP contribution in [0.3, 0.4) is 0 Å². The van der Waals surface area contributed by atoms with Gasteiger partial charge in [-0.05, 0) is 6.42 Å². The molecule has 0 aromatic carbocycles. The molecule has 0 aliphatic carbocycles. The molecule has 0 amide bonds. The SMILES string of the molecule is CCC[C@@H](O)/C=C/C=C/C(=O)O. The average molecular weight is 170 g/mol. The number of aliphatic hydroxyl groups is 1. The Labute approximate surface area is 72.0 Å². The topological polar surface area (TPSA) is 57.5 Å². The molecule has 0 unspecified atom stereocenters. The molecule has 0 bridgehead atoms. The van der Waals surface area contributed by atoms with Gasteiger partial charge < -0.3 is 10.2 Å². The van der Waals surface area contributed by atoms with E-state index in [-0.39, 0.29) is 0 Å². The molecule has 0 aliphatic heterocycles. The molecule has 0 rings (SSSR count). The fourth-order valence-corrected chi connectivity index (χ4v) is 0.722. The minimum absolute atomic E-state index is 0.464. The van der Waals surface area contributed by atoms with Crippen molar-refractivity contribution in [3.05, 3.63) is 24.3 Å². The number of aliphatic hydroxyl groups excluding tert-OH is 1. The van der Waals surface area contributed by atoms with Crippen molar-refractivity contribution in [1.29, 1.82) is 0 Å². The number of carboxylic acids is 1. The first-order valence-electron chi connectivity index (χ1n) is 3.92. The van der Waals surface area contributed by atoms with Crippen LogP contribution in [0.1, 0.15) is 19.8 Å². The third-order valence-electron chi connectivity index (χ3n) is 1.27. The van der Waals surface area contributed by atoms with Crippen molar-refractivity contribution in [1.82, 2.24) is 0 Å². The van der Waals surface area contributed by atoms with Gasteiger partial charge in [-0.1, -0.05) is 31.6 Å². The van der Waals surface area contributed by atoms with Crippen LogP contribution in [0.15, 0.2) is 24.3 Å². The van der Waals surface area contributed by atoms with E-state index in [1.165, 1.54) is 12.2 Å². The van der Waals surface area contributed by atoms with E-state index >= 15 is 0 Å². The Morgan fingerprint density at radius 3 is 2.67 bits per heavy atom. The van der Waals surface area contributed by atoms with Gasteiger partial charge in [0.2, 0.25) is 0 Å². The van der Waals surface area contributed by atoms with Gasteiger partial charge in [-0.15, -0.1) is 0 Å². The Morgan fingerprint density at radius 2 is 2.17 bits per heavy atom. The maximum Gasteiger partial charge on any atom is 0.328 e. The van der Waals surface area contributed by atoms with Crippen molar-refractivity contribution >= 4 is 5.97 Å². The average Bonchev–Trinajstić information content (AvgIpc) is 1.98. The van der Waals surface area contributed by atoms with Crippen LogP contribution in [-0.2, 0) is 4.79 Å². The summed E-state index contributed by atoms with van der Waals surface area (Å²) in [5, 5.41) is 17.3. The Bertz CT molecular complexity index is 182. The van der Waals surface area contributed by atoms with Gasteiger partial charge in [-0.3, -0.25) is 0 Å². The monoisotopic (exact) mass is 170 g/mol. The summed E-state index contributed by atoms with van der Waals surface area (Å²) in [6.07, 6.45) is 6.67. The first-order chi connectivity index (χ1) is 5.66. The minimum atomic E-state index is -0.982. The summed E-state index contributed by atoms with van der Waals surface area (Å²) in [4.78, 5) is 9.99. The molecule has 12 heavy (non-hydrogen) atoms. The maximum absolute atomic E-state index is 9.99. The molecular weight excluding hydrogens is 156 g/mol. The molecule has 3 nitrogen and oxygen atoms in total. The van der Waals surface area contributed by atoms with Crippen molar-refractivity contribution in [2.75, 3.05) is 0 Å². The summed E-state index contributed by atoms with van der Waals surface area (Å²) < 4.78 is 0. The van der Waals surface area contributed by atoms with E-state index in [4.69, 9.17) is 10.2 Å². The van der Waals surface area contributed by atoms with Gasteiger partial charge in [-0.25, -0.2) is 4.79 Å². The molecule has 68 valence electrons. The lowest BCUT2D eigenvalue weighted by molar-refractivity contribution is -0.131. The second kappa shape index (κ2) is 6.61. The zero-order valence-corrected chi connectivity index (χ0v) is 7.10. The fraction of sp³-hybridized carbons (Fsp3) is 0.444. The second-order valence-corrected chi connectivity index (χ2v) is 2.44. The normalized spacial score (nSPS) is 14.2. The van der Waals surface area contributed by atoms with Crippen molar-refractivity contribution in [3.8, 4) is 0 Å². The number of carbonyl (C=O) groups is 1. The number of aliphatic carboxylic acids is 1. The highest BCUT2D eigenvalue weighted by Crippen LogP contribution is 1.97. The smallest absolute Gasteiger partial charge is 0.328 e. The molecule has 0 aliphatic rings. The van der Waals surface area contributed by atoms with Crippen LogP contribution in [-0.4, -0.2) is 22.3 Å². The van der Waals surface area contributed by atoms with E-state index in [1.54, 1.807) is 6.08 Å². The summed E-state index contributed by atoms with van der Waals surface area (Å²) >= 11 is 0. The van der Waals surface area contributed by atoms with E-state index in [0.717, 1.165) is 12.5 Å². The molecule has 0 heterocycles. The second-order valence-electron chi connectivity index (χ2n) is 2.44. The van der Waals surface area contributed by atoms with Gasteiger partial charge in [0, 0.05) is 6.08 Å². The molecule has 0 aromatic heterocycles. The lowest BCUT2D eigenvalue weighted by Gasteiger charge is -1.99. The lowest BCUT2D eigenvalue weighted by atomic mass is 10.2. The first kappa shape index (κ1) is 10.9. The molecule has 3 heteroatoms. The van der Waals surface area contributed by atoms with Gasteiger partial charge in [0.25, 0.3) is 0 Å². The first-order valence-corrected chi connectivity index (χ1v) is 3.92. The van der Waals surface area contributed by atoms with Crippen molar-refractivity contribution < 1.29 is 15.0 Å². The lowest BCUT2D eigenvalue weighted by Crippen LogP contribution is -1.99. The van der Waals surface area contributed by atoms with Crippen LogP contribution in [0, 0.1) is 0 Å². The van der Waals surface area contributed by atoms with Crippen LogP contribution in [0.5, 0.6) is 0 Å². The third-order valence-corrected chi connectivity index (χ3v) is 1.27. The van der Waals surface area contributed by atoms with E-state index in [2.05, 4.69) is 0 Å². The van der Waals surface area contributed by atoms with E-state index in [9.17, 15) is 4.79 Å². The van der Waals surface area contributed by atoms with Crippen LogP contribution in [0.2, 0.25) is 0 Å². The minimum Gasteiger partial charge on any atom is -0.478 e. The Balaban J connectivity index is 3.67. The molecule has 0 radical (unpaired) electrons. The van der Waals surface area contributed by atoms with E-state index < -0.39 is 12.1 Å². The molecule has 0 aromatic rings. The van der Waals surface area contributed by atoms with Gasteiger partial charge >= 0.3 is 5.97 Å². The standard InChI is InChI=1S/C9H14O3/c1-2-5-8(10)6-3-4-7-9(11)12/h3-4,6-8,10H,2,5H2,1H3,(H,11,12)/b6-3+,7-4+/t8-/m1/s1. The summed E-state index contributed by atoms with van der Waals surface area (Å²) in [6.45, 7) is 1.98. The van der Waals surface area contributed by atoms with Gasteiger partial charge in [0.15, 0.2) is 0 Å². The highest BCUT2D eigenvalue weighted by atomic mass is 16.4. The zero-order valence-electron chi connectivity index (χ0n) is 7.10. The third kappa shape index (κ3) is 7.02. The van der Waals surface area contributed by atoms with Crippen molar-refractivity contribution in [3.63, 3.8) is 0 Å². The fourth-order valence-electron chi connectivity index (χ4n) is 0.722. The Morgan fingerprint density at radius 1 is 1.50 bits per heavy atom. The quantitative estimate of drug-likeness (QED) is 0.483. The van der Waals surface area contributed by atoms with E-state index in [1.807, 2.05) is 6.92 Å². The number of hydrogen-bond donors (Lipinski definition) is 2. The summed E-state index contributed by atoms with van der Waals surface area (Å²) in [5.41, 5.74) is 0. The van der Waals surface area contributed by atoms with Crippen LogP contribution < -0.4 is 0 Å². The number of carboxylic acid groups (broad SMARTS) is 1. The molecule has 0 spiro atoms. The number of allylic oxidation sites excluding steroid dienone is 2. The molecular formula is C9H14O3. The van der Waals surface area contributed by atoms with Crippen molar-refractivity contribution in [2.24, 2.45) is 0 Å². The van der Waals surface area contributed by atoms with Gasteiger partial charge in [0.05, 0.1) is 6.10 Å². The summed E-state index contributed by atoms with van der Waals surface area (Å²) in [6, 6.07) is 0. The molecule has 2 N–H and O–H groups in total. The van der Waals surface area contributed by atoms with Crippen LogP contribution >= 0.6 is 0 Å². The molecule has 1 atom stereocenters. The highest BCUT2D eigenvalue weighted by molar-refractivity contribution is 5.80. The molecule has 0 fully saturated rings. The molecule has 0 saturated carbocycles. The highest BCUT2D eigenvalue weighted by Gasteiger charge is 1.93. The zero-order chi connectivity index (χ0) is 9.40. The number of hydrogen-bond acceptors (Lipinski definition) is 2. The van der Waals surface area contributed by atoms with Crippen molar-refractivity contribution in [2.45, 2.75) is 25.9 Å².